The minimum absolute atomic E-state index is 0.0154. The van der Waals surface area contributed by atoms with Crippen molar-refractivity contribution in [3.63, 3.8) is 0 Å². The Morgan fingerprint density at radius 3 is 2.00 bits per heavy atom. The molecule has 1 aliphatic rings. The van der Waals surface area contributed by atoms with E-state index in [9.17, 15) is 22.8 Å². The van der Waals surface area contributed by atoms with Gasteiger partial charge in [-0.15, -0.1) is 0 Å². The lowest BCUT2D eigenvalue weighted by atomic mass is 10.1. The molecule has 7 nitrogen and oxygen atoms in total. The molecular formula is C18H16N2O5S. The minimum Gasteiger partial charge on any atom is -0.325 e. The number of rotatable bonds is 5. The van der Waals surface area contributed by atoms with Gasteiger partial charge in [-0.05, 0) is 36.4 Å². The highest BCUT2D eigenvalue weighted by Gasteiger charge is 2.36. The van der Waals surface area contributed by atoms with Crippen molar-refractivity contribution < 1.29 is 22.8 Å². The fourth-order valence-corrected chi connectivity index (χ4v) is 3.52. The number of carbonyl (C=O) groups excluding carboxylic acids is 3. The van der Waals surface area contributed by atoms with Gasteiger partial charge in [0.1, 0.15) is 6.54 Å². The Hall–Kier alpha value is -3.00. The lowest BCUT2D eigenvalue weighted by Gasteiger charge is -2.13. The molecule has 0 fully saturated rings. The maximum atomic E-state index is 12.2. The zero-order valence-electron chi connectivity index (χ0n) is 13.9. The summed E-state index contributed by atoms with van der Waals surface area (Å²) in [5, 5.41) is 2.55. The lowest BCUT2D eigenvalue weighted by Crippen LogP contribution is -2.37. The molecule has 134 valence electrons. The molecule has 3 amide bonds. The molecule has 0 aromatic heterocycles. The van der Waals surface area contributed by atoms with E-state index in [-0.39, 0.29) is 21.8 Å². The summed E-state index contributed by atoms with van der Waals surface area (Å²) in [7, 11) is -3.32. The molecule has 3 rings (SSSR count). The van der Waals surface area contributed by atoms with Gasteiger partial charge in [0.25, 0.3) is 11.8 Å². The van der Waals surface area contributed by atoms with E-state index >= 15 is 0 Å². The first-order valence-corrected chi connectivity index (χ1v) is 9.56. The highest BCUT2D eigenvalue weighted by molar-refractivity contribution is 7.91. The topological polar surface area (TPSA) is 101 Å². The van der Waals surface area contributed by atoms with Crippen LogP contribution in [0.5, 0.6) is 0 Å². The average Bonchev–Trinajstić information content (AvgIpc) is 2.87. The molecule has 2 aromatic rings. The Morgan fingerprint density at radius 1 is 0.962 bits per heavy atom. The van der Waals surface area contributed by atoms with Crippen LogP contribution in [0.25, 0.3) is 0 Å². The minimum atomic E-state index is -3.32. The number of benzene rings is 2. The van der Waals surface area contributed by atoms with Gasteiger partial charge in [-0.25, -0.2) is 8.42 Å². The van der Waals surface area contributed by atoms with Gasteiger partial charge in [0.2, 0.25) is 5.91 Å². The predicted octanol–water partition coefficient (Wildman–Crippen LogP) is 1.71. The molecule has 2 aromatic carbocycles. The fraction of sp³-hybridized carbons (Fsp3) is 0.167. The van der Waals surface area contributed by atoms with Crippen molar-refractivity contribution >= 4 is 33.2 Å². The molecule has 0 saturated heterocycles. The summed E-state index contributed by atoms with van der Waals surface area (Å²) in [6.07, 6.45) is 0. The third-order valence-corrected chi connectivity index (χ3v) is 5.81. The van der Waals surface area contributed by atoms with E-state index < -0.39 is 34.1 Å². The van der Waals surface area contributed by atoms with Gasteiger partial charge in [0.05, 0.1) is 21.8 Å². The summed E-state index contributed by atoms with van der Waals surface area (Å²) in [6, 6.07) is 12.1. The molecule has 0 aliphatic carbocycles. The van der Waals surface area contributed by atoms with Gasteiger partial charge in [0.15, 0.2) is 9.84 Å². The van der Waals surface area contributed by atoms with E-state index in [0.717, 1.165) is 4.90 Å². The standard InChI is InChI=1S/C18H16N2O5S/c1-2-26(24,25)13-9-7-12(8-10-13)19-16(21)11-20-17(22)14-5-3-4-6-15(14)18(20)23/h3-10H,2,11H2,1H3,(H,19,21). The van der Waals surface area contributed by atoms with Crippen molar-refractivity contribution in [2.45, 2.75) is 11.8 Å². The van der Waals surface area contributed by atoms with Crippen molar-refractivity contribution in [3.05, 3.63) is 59.7 Å². The number of anilines is 1. The Morgan fingerprint density at radius 2 is 1.50 bits per heavy atom. The van der Waals surface area contributed by atoms with Crippen LogP contribution in [0.1, 0.15) is 27.6 Å². The van der Waals surface area contributed by atoms with Crippen LogP contribution in [0, 0.1) is 0 Å². The quantitative estimate of drug-likeness (QED) is 0.806. The number of nitrogens with one attached hydrogen (secondary N) is 1. The van der Waals surface area contributed by atoms with Gasteiger partial charge in [0, 0.05) is 5.69 Å². The number of imide groups is 1. The Balaban J connectivity index is 1.69. The summed E-state index contributed by atoms with van der Waals surface area (Å²) in [4.78, 5) is 37.7. The second kappa shape index (κ2) is 6.72. The van der Waals surface area contributed by atoms with Crippen molar-refractivity contribution in [2.75, 3.05) is 17.6 Å². The third-order valence-electron chi connectivity index (χ3n) is 4.06. The number of nitrogens with zero attached hydrogens (tertiary/aromatic N) is 1. The van der Waals surface area contributed by atoms with E-state index in [1.807, 2.05) is 0 Å². The first-order chi connectivity index (χ1) is 12.3. The number of hydrogen-bond acceptors (Lipinski definition) is 5. The van der Waals surface area contributed by atoms with E-state index in [1.165, 1.54) is 24.3 Å². The normalized spacial score (nSPS) is 13.7. The molecule has 0 bridgehead atoms. The van der Waals surface area contributed by atoms with Crippen LogP contribution in [0.15, 0.2) is 53.4 Å². The second-order valence-corrected chi connectivity index (χ2v) is 8.00. The van der Waals surface area contributed by atoms with Crippen LogP contribution in [0.2, 0.25) is 0 Å². The molecule has 0 atom stereocenters. The maximum Gasteiger partial charge on any atom is 0.262 e. The summed E-state index contributed by atoms with van der Waals surface area (Å²) in [5.41, 5.74) is 0.931. The van der Waals surface area contributed by atoms with E-state index in [2.05, 4.69) is 5.32 Å². The van der Waals surface area contributed by atoms with Crippen molar-refractivity contribution in [1.29, 1.82) is 0 Å². The molecule has 1 aliphatic heterocycles. The molecule has 26 heavy (non-hydrogen) atoms. The fourth-order valence-electron chi connectivity index (χ4n) is 2.64. The molecule has 0 saturated carbocycles. The second-order valence-electron chi connectivity index (χ2n) is 5.72. The zero-order valence-corrected chi connectivity index (χ0v) is 14.7. The van der Waals surface area contributed by atoms with Gasteiger partial charge in [-0.1, -0.05) is 19.1 Å². The van der Waals surface area contributed by atoms with Crippen LogP contribution in [0.4, 0.5) is 5.69 Å². The number of carbonyl (C=O) groups is 3. The molecule has 0 spiro atoms. The van der Waals surface area contributed by atoms with Crippen LogP contribution in [0.3, 0.4) is 0 Å². The monoisotopic (exact) mass is 372 g/mol. The first-order valence-electron chi connectivity index (χ1n) is 7.91. The summed E-state index contributed by atoms with van der Waals surface area (Å²) in [6.45, 7) is 1.13. The molecule has 0 radical (unpaired) electrons. The van der Waals surface area contributed by atoms with Gasteiger partial charge >= 0.3 is 0 Å². The number of hydrogen-bond donors (Lipinski definition) is 1. The number of sulfone groups is 1. The molecule has 0 unspecified atom stereocenters. The summed E-state index contributed by atoms with van der Waals surface area (Å²) >= 11 is 0. The highest BCUT2D eigenvalue weighted by atomic mass is 32.2. The van der Waals surface area contributed by atoms with Gasteiger partial charge < -0.3 is 5.32 Å². The van der Waals surface area contributed by atoms with E-state index in [4.69, 9.17) is 0 Å². The molecule has 8 heteroatoms. The largest absolute Gasteiger partial charge is 0.325 e. The lowest BCUT2D eigenvalue weighted by molar-refractivity contribution is -0.116. The van der Waals surface area contributed by atoms with E-state index in [1.54, 1.807) is 31.2 Å². The maximum absolute atomic E-state index is 12.2. The third kappa shape index (κ3) is 3.23. The number of fused-ring (bicyclic) bond motifs is 1. The van der Waals surface area contributed by atoms with Crippen molar-refractivity contribution in [1.82, 2.24) is 4.90 Å². The van der Waals surface area contributed by atoms with Crippen LogP contribution in [-0.4, -0.2) is 43.3 Å². The van der Waals surface area contributed by atoms with Gasteiger partial charge in [-0.2, -0.15) is 0 Å². The van der Waals surface area contributed by atoms with Crippen molar-refractivity contribution in [2.24, 2.45) is 0 Å². The van der Waals surface area contributed by atoms with Crippen LogP contribution >= 0.6 is 0 Å². The highest BCUT2D eigenvalue weighted by Crippen LogP contribution is 2.22. The average molecular weight is 372 g/mol. The smallest absolute Gasteiger partial charge is 0.262 e. The van der Waals surface area contributed by atoms with Crippen LogP contribution < -0.4 is 5.32 Å². The molecular weight excluding hydrogens is 356 g/mol. The van der Waals surface area contributed by atoms with E-state index in [0.29, 0.717) is 5.69 Å². The van der Waals surface area contributed by atoms with Crippen LogP contribution in [-0.2, 0) is 14.6 Å². The molecule has 1 heterocycles. The van der Waals surface area contributed by atoms with Gasteiger partial charge in [-0.3, -0.25) is 19.3 Å². The molecule has 1 N–H and O–H groups in total. The predicted molar refractivity (Wildman–Crippen MR) is 94.6 cm³/mol. The Kier molecular flexibility index (Phi) is 4.60. The summed E-state index contributed by atoms with van der Waals surface area (Å²) < 4.78 is 23.6. The Labute approximate surface area is 150 Å². The Bertz CT molecular complexity index is 961. The van der Waals surface area contributed by atoms with Crippen molar-refractivity contribution in [3.8, 4) is 0 Å². The number of amides is 3. The SMILES string of the molecule is CCS(=O)(=O)c1ccc(NC(=O)CN2C(=O)c3ccccc3C2=O)cc1. The zero-order chi connectivity index (χ0) is 18.9. The first kappa shape index (κ1) is 17.8. The summed E-state index contributed by atoms with van der Waals surface area (Å²) in [5.74, 6) is -1.58.